The lowest BCUT2D eigenvalue weighted by Gasteiger charge is -2.26. The lowest BCUT2D eigenvalue weighted by atomic mass is 10.3. The molecule has 1 unspecified atom stereocenters. The lowest BCUT2D eigenvalue weighted by molar-refractivity contribution is 0.304. The van der Waals surface area contributed by atoms with Gasteiger partial charge in [-0.3, -0.25) is 4.67 Å². The normalized spacial score (nSPS) is 10.9. The summed E-state index contributed by atoms with van der Waals surface area (Å²) in [5.74, 6) is 0. The summed E-state index contributed by atoms with van der Waals surface area (Å²) in [5.41, 5.74) is 0. The Morgan fingerprint density at radius 2 is 1.79 bits per heavy atom. The van der Waals surface area contributed by atoms with Crippen molar-refractivity contribution in [3.63, 3.8) is 0 Å². The van der Waals surface area contributed by atoms with Crippen LogP contribution in [0.15, 0.2) is 0 Å². The predicted molar refractivity (Wildman–Crippen MR) is 63.6 cm³/mol. The van der Waals surface area contributed by atoms with E-state index in [-0.39, 0.29) is 13.0 Å². The Bertz CT molecular complexity index is 151. The summed E-state index contributed by atoms with van der Waals surface area (Å²) in [4.78, 5) is 0. The van der Waals surface area contributed by atoms with Gasteiger partial charge in [0.15, 0.2) is 0 Å². The molecule has 14 heavy (non-hydrogen) atoms. The standard InChI is InChI=1S/C6H15ClNP.C3H5NO/c1-5(2)8(9-7)6(3)4;4-2-1-3-5/h5-6,9H,1-4H3;5H,1,3H2. The topological polar surface area (TPSA) is 47.3 Å². The van der Waals surface area contributed by atoms with Crippen LogP contribution >= 0.6 is 19.3 Å². The second-order valence-corrected chi connectivity index (χ2v) is 4.50. The van der Waals surface area contributed by atoms with Crippen molar-refractivity contribution in [2.75, 3.05) is 6.61 Å². The van der Waals surface area contributed by atoms with Crippen LogP contribution in [0.2, 0.25) is 0 Å². The molecule has 0 aliphatic heterocycles. The van der Waals surface area contributed by atoms with Gasteiger partial charge in [0.2, 0.25) is 0 Å². The molecule has 0 spiro atoms. The minimum Gasteiger partial charge on any atom is -0.395 e. The van der Waals surface area contributed by atoms with E-state index in [1.54, 1.807) is 6.07 Å². The van der Waals surface area contributed by atoms with Crippen molar-refractivity contribution < 1.29 is 5.11 Å². The average Bonchev–Trinajstić information content (AvgIpc) is 2.06. The first-order valence-electron chi connectivity index (χ1n) is 4.63. The number of aliphatic hydroxyl groups excluding tert-OH is 1. The van der Waals surface area contributed by atoms with Crippen molar-refractivity contribution in [3.05, 3.63) is 0 Å². The van der Waals surface area contributed by atoms with Crippen LogP contribution in [-0.2, 0) is 0 Å². The molecule has 1 atom stereocenters. The zero-order valence-electron chi connectivity index (χ0n) is 9.29. The summed E-state index contributed by atoms with van der Waals surface area (Å²) < 4.78 is 2.25. The maximum Gasteiger partial charge on any atom is 0.0645 e. The van der Waals surface area contributed by atoms with Gasteiger partial charge in [-0.05, 0) is 27.7 Å². The van der Waals surface area contributed by atoms with Gasteiger partial charge in [-0.15, -0.1) is 0 Å². The molecule has 3 nitrogen and oxygen atoms in total. The van der Waals surface area contributed by atoms with Gasteiger partial charge in [-0.2, -0.15) is 5.26 Å². The number of hydrogen-bond donors (Lipinski definition) is 1. The molecule has 5 heteroatoms. The molecular formula is C9H20ClN2OP. The van der Waals surface area contributed by atoms with Gasteiger partial charge in [-0.25, -0.2) is 0 Å². The molecular weight excluding hydrogens is 219 g/mol. The van der Waals surface area contributed by atoms with E-state index in [0.29, 0.717) is 20.2 Å². The largest absolute Gasteiger partial charge is 0.395 e. The number of rotatable bonds is 4. The van der Waals surface area contributed by atoms with Crippen molar-refractivity contribution in [1.82, 2.24) is 4.67 Å². The fourth-order valence-corrected chi connectivity index (χ4v) is 2.40. The van der Waals surface area contributed by atoms with E-state index < -0.39 is 0 Å². The molecule has 0 aliphatic rings. The molecule has 0 aliphatic carbocycles. The van der Waals surface area contributed by atoms with E-state index in [1.165, 1.54) is 0 Å². The Kier molecular flexibility index (Phi) is 13.3. The van der Waals surface area contributed by atoms with Crippen molar-refractivity contribution in [3.8, 4) is 6.07 Å². The van der Waals surface area contributed by atoms with Crippen molar-refractivity contribution in [1.29, 1.82) is 5.26 Å². The molecule has 0 heterocycles. The smallest absolute Gasteiger partial charge is 0.0645 e. The fourth-order valence-electron chi connectivity index (χ4n) is 0.841. The Hall–Kier alpha value is 0.130. The van der Waals surface area contributed by atoms with Crippen LogP contribution in [0.4, 0.5) is 0 Å². The summed E-state index contributed by atoms with van der Waals surface area (Å²) in [7, 11) is 0.415. The van der Waals surface area contributed by atoms with Gasteiger partial charge in [-0.1, -0.05) is 11.2 Å². The van der Waals surface area contributed by atoms with Gasteiger partial charge in [0.05, 0.1) is 19.1 Å². The summed E-state index contributed by atoms with van der Waals surface area (Å²) in [6.45, 7) is 8.63. The Morgan fingerprint density at radius 3 is 1.79 bits per heavy atom. The molecule has 0 aromatic rings. The van der Waals surface area contributed by atoms with E-state index in [4.69, 9.17) is 21.6 Å². The van der Waals surface area contributed by atoms with Gasteiger partial charge in [0, 0.05) is 20.2 Å². The second kappa shape index (κ2) is 11.2. The van der Waals surface area contributed by atoms with Gasteiger partial charge < -0.3 is 5.11 Å². The lowest BCUT2D eigenvalue weighted by Crippen LogP contribution is -2.28. The van der Waals surface area contributed by atoms with Crippen LogP contribution in [0.25, 0.3) is 0 Å². The van der Waals surface area contributed by atoms with Crippen LogP contribution in [0.3, 0.4) is 0 Å². The maximum absolute atomic E-state index is 7.84. The molecule has 0 rings (SSSR count). The molecule has 0 amide bonds. The minimum atomic E-state index is -0.0174. The van der Waals surface area contributed by atoms with E-state index in [0.717, 1.165) is 0 Å². The van der Waals surface area contributed by atoms with Crippen molar-refractivity contribution >= 4 is 19.3 Å². The number of nitrogens with zero attached hydrogens (tertiary/aromatic N) is 2. The number of nitriles is 1. The van der Waals surface area contributed by atoms with E-state index in [2.05, 4.69) is 32.4 Å². The molecule has 0 bridgehead atoms. The second-order valence-electron chi connectivity index (χ2n) is 3.31. The van der Waals surface area contributed by atoms with Crippen molar-refractivity contribution in [2.24, 2.45) is 0 Å². The van der Waals surface area contributed by atoms with E-state index in [9.17, 15) is 0 Å². The maximum atomic E-state index is 7.84. The summed E-state index contributed by atoms with van der Waals surface area (Å²) in [6, 6.07) is 2.91. The minimum absolute atomic E-state index is 0.0174. The van der Waals surface area contributed by atoms with Gasteiger partial charge in [0.1, 0.15) is 0 Å². The highest BCUT2D eigenvalue weighted by atomic mass is 35.7. The molecule has 0 saturated carbocycles. The molecule has 1 N–H and O–H groups in total. The van der Waals surface area contributed by atoms with Crippen LogP contribution in [0, 0.1) is 11.3 Å². The van der Waals surface area contributed by atoms with Crippen molar-refractivity contribution in [2.45, 2.75) is 46.2 Å². The highest BCUT2D eigenvalue weighted by molar-refractivity contribution is 7.66. The SMILES string of the molecule is CC(C)N(PCl)C(C)C.N#CCCO. The molecule has 0 aromatic carbocycles. The van der Waals surface area contributed by atoms with E-state index in [1.807, 2.05) is 0 Å². The Balaban J connectivity index is 0. The van der Waals surface area contributed by atoms with Crippen LogP contribution in [0.1, 0.15) is 34.1 Å². The number of halogens is 1. The van der Waals surface area contributed by atoms with Crippen LogP contribution in [0.5, 0.6) is 0 Å². The third-order valence-electron chi connectivity index (χ3n) is 1.43. The molecule has 0 aromatic heterocycles. The monoisotopic (exact) mass is 238 g/mol. The summed E-state index contributed by atoms with van der Waals surface area (Å²) >= 11 is 5.71. The van der Waals surface area contributed by atoms with Crippen LogP contribution < -0.4 is 0 Å². The summed E-state index contributed by atoms with van der Waals surface area (Å²) in [5, 5.41) is 15.5. The zero-order chi connectivity index (χ0) is 11.6. The first kappa shape index (κ1) is 16.6. The first-order valence-corrected chi connectivity index (χ1v) is 6.59. The highest BCUT2D eigenvalue weighted by Gasteiger charge is 2.10. The average molecular weight is 239 g/mol. The Morgan fingerprint density at radius 1 is 1.36 bits per heavy atom. The van der Waals surface area contributed by atoms with Gasteiger partial charge >= 0.3 is 0 Å². The fraction of sp³-hybridized carbons (Fsp3) is 0.889. The quantitative estimate of drug-likeness (QED) is 0.766. The summed E-state index contributed by atoms with van der Waals surface area (Å²) in [6.07, 6.45) is 0.250. The Labute approximate surface area is 93.7 Å². The predicted octanol–water partition coefficient (Wildman–Crippen LogP) is 2.74. The van der Waals surface area contributed by atoms with E-state index >= 15 is 0 Å². The number of hydrogen-bond acceptors (Lipinski definition) is 3. The molecule has 84 valence electrons. The number of aliphatic hydroxyl groups is 1. The zero-order valence-corrected chi connectivity index (χ0v) is 11.0. The van der Waals surface area contributed by atoms with Crippen LogP contribution in [-0.4, -0.2) is 28.5 Å². The third-order valence-corrected chi connectivity index (χ3v) is 3.25. The third kappa shape index (κ3) is 10.2. The molecule has 0 radical (unpaired) electrons. The highest BCUT2D eigenvalue weighted by Crippen LogP contribution is 2.27. The van der Waals surface area contributed by atoms with Gasteiger partial charge in [0.25, 0.3) is 0 Å². The molecule has 0 saturated heterocycles. The molecule has 0 fully saturated rings. The first-order chi connectivity index (χ1) is 6.51.